The van der Waals surface area contributed by atoms with Gasteiger partial charge in [0.2, 0.25) is 0 Å². The van der Waals surface area contributed by atoms with Gasteiger partial charge in [-0.2, -0.15) is 5.10 Å². The highest BCUT2D eigenvalue weighted by molar-refractivity contribution is 5.93. The number of halogens is 2. The summed E-state index contributed by atoms with van der Waals surface area (Å²) in [6, 6.07) is 8.24. The number of imidazole rings is 1. The first kappa shape index (κ1) is 19.1. The van der Waals surface area contributed by atoms with Crippen LogP contribution in [0.1, 0.15) is 47.8 Å². The van der Waals surface area contributed by atoms with Gasteiger partial charge in [-0.25, -0.2) is 18.9 Å². The van der Waals surface area contributed by atoms with Crippen LogP contribution in [0.3, 0.4) is 0 Å². The molecule has 6 rings (SSSR count). The Morgan fingerprint density at radius 2 is 1.91 bits per heavy atom. The van der Waals surface area contributed by atoms with E-state index in [-0.39, 0.29) is 34.3 Å². The molecule has 3 heterocycles. The number of hydrogen-bond acceptors (Lipinski definition) is 4. The number of H-pyrrole nitrogens is 1. The molecule has 0 radical (unpaired) electrons. The van der Waals surface area contributed by atoms with Crippen molar-refractivity contribution in [2.45, 2.75) is 37.6 Å². The molecule has 162 valence electrons. The molecule has 2 N–H and O–H groups in total. The van der Waals surface area contributed by atoms with Crippen LogP contribution in [0.4, 0.5) is 8.78 Å². The van der Waals surface area contributed by atoms with Gasteiger partial charge in [-0.1, -0.05) is 18.2 Å². The normalized spacial score (nSPS) is 24.4. The third-order valence-corrected chi connectivity index (χ3v) is 6.93. The summed E-state index contributed by atoms with van der Waals surface area (Å²) in [6.45, 7) is 0. The number of fused-ring (bicyclic) bond motifs is 2. The number of benzene rings is 1. The predicted molar refractivity (Wildman–Crippen MR) is 112 cm³/mol. The van der Waals surface area contributed by atoms with E-state index in [1.807, 2.05) is 18.2 Å². The van der Waals surface area contributed by atoms with E-state index in [1.165, 1.54) is 6.20 Å². The van der Waals surface area contributed by atoms with Crippen LogP contribution in [0, 0.1) is 17.0 Å². The smallest absolute Gasteiger partial charge is 0.272 e. The van der Waals surface area contributed by atoms with E-state index in [4.69, 9.17) is 0 Å². The predicted octanol–water partition coefficient (Wildman–Crippen LogP) is 3.31. The highest BCUT2D eigenvalue weighted by Gasteiger charge is 2.54. The number of amides is 1. The molecule has 2 fully saturated rings. The highest BCUT2D eigenvalue weighted by Crippen LogP contribution is 2.62. The van der Waals surface area contributed by atoms with Crippen molar-refractivity contribution in [2.24, 2.45) is 5.41 Å². The Kier molecular flexibility index (Phi) is 3.99. The molecule has 2 aliphatic carbocycles. The monoisotopic (exact) mass is 435 g/mol. The lowest BCUT2D eigenvalue weighted by Gasteiger charge is -2.57. The van der Waals surface area contributed by atoms with Gasteiger partial charge in [-0.05, 0) is 37.2 Å². The molecule has 2 aliphatic rings. The maximum Gasteiger partial charge on any atom is 0.272 e. The molecule has 9 heteroatoms. The summed E-state index contributed by atoms with van der Waals surface area (Å²) in [5, 5.41) is 11.4. The van der Waals surface area contributed by atoms with Gasteiger partial charge in [0, 0.05) is 29.6 Å². The maximum atomic E-state index is 13.8. The van der Waals surface area contributed by atoms with E-state index >= 15 is 0 Å². The summed E-state index contributed by atoms with van der Waals surface area (Å²) in [5.41, 5.74) is 0.933. The van der Waals surface area contributed by atoms with Crippen molar-refractivity contribution in [3.8, 4) is 0 Å². The average molecular weight is 435 g/mol. The van der Waals surface area contributed by atoms with Crippen LogP contribution < -0.4 is 10.9 Å². The third kappa shape index (κ3) is 2.84. The van der Waals surface area contributed by atoms with E-state index in [2.05, 4.69) is 20.5 Å². The van der Waals surface area contributed by atoms with Crippen LogP contribution in [0.15, 0.2) is 47.5 Å². The number of carbonyl (C=O) groups is 1. The molecule has 4 aromatic rings. The van der Waals surface area contributed by atoms with Gasteiger partial charge in [-0.15, -0.1) is 0 Å². The number of carbonyl (C=O) groups excluding carboxylic acids is 1. The first-order valence-corrected chi connectivity index (χ1v) is 10.5. The minimum atomic E-state index is -0.810. The summed E-state index contributed by atoms with van der Waals surface area (Å²) in [7, 11) is 0. The molecule has 7 nitrogen and oxygen atoms in total. The number of aromatic nitrogens is 4. The Morgan fingerprint density at radius 3 is 2.69 bits per heavy atom. The fourth-order valence-electron chi connectivity index (χ4n) is 5.49. The molecule has 1 spiro atoms. The largest absolute Gasteiger partial charge is 0.348 e. The van der Waals surface area contributed by atoms with Crippen molar-refractivity contribution in [1.29, 1.82) is 0 Å². The van der Waals surface area contributed by atoms with E-state index < -0.39 is 17.5 Å². The molecule has 0 bridgehead atoms. The zero-order valence-electron chi connectivity index (χ0n) is 16.9. The maximum absolute atomic E-state index is 13.8. The van der Waals surface area contributed by atoms with Crippen LogP contribution in [0.2, 0.25) is 0 Å². The number of rotatable bonds is 3. The minimum Gasteiger partial charge on any atom is -0.348 e. The summed E-state index contributed by atoms with van der Waals surface area (Å²) in [4.78, 5) is 28.6. The van der Waals surface area contributed by atoms with Gasteiger partial charge in [0.25, 0.3) is 11.5 Å². The van der Waals surface area contributed by atoms with E-state index in [1.54, 1.807) is 6.07 Å². The fourth-order valence-corrected chi connectivity index (χ4v) is 5.49. The first-order chi connectivity index (χ1) is 15.4. The minimum absolute atomic E-state index is 0.00712. The first-order valence-electron chi connectivity index (χ1n) is 10.5. The van der Waals surface area contributed by atoms with Gasteiger partial charge in [0.05, 0.1) is 17.3 Å². The second kappa shape index (κ2) is 6.69. The molecule has 0 saturated heterocycles. The lowest BCUT2D eigenvalue weighted by atomic mass is 9.49. The van der Waals surface area contributed by atoms with Gasteiger partial charge >= 0.3 is 0 Å². The van der Waals surface area contributed by atoms with E-state index in [0.717, 1.165) is 53.4 Å². The number of pyridine rings is 1. The molecule has 32 heavy (non-hydrogen) atoms. The summed E-state index contributed by atoms with van der Waals surface area (Å²) in [5.74, 6) is -1.70. The molecule has 2 saturated carbocycles. The lowest BCUT2D eigenvalue weighted by molar-refractivity contribution is -0.0197. The SMILES string of the molecule is O=C(N[C@H]1CC2(C1)C[C@H](c1n[nH]c(=O)c3ccccc31)C2)c1cnc2c(F)cc(F)cn12. The molecule has 3 aromatic heterocycles. The topological polar surface area (TPSA) is 92.1 Å². The second-order valence-electron chi connectivity index (χ2n) is 9.01. The highest BCUT2D eigenvalue weighted by atomic mass is 19.1. The quantitative estimate of drug-likeness (QED) is 0.517. The van der Waals surface area contributed by atoms with Crippen LogP contribution in [-0.4, -0.2) is 31.5 Å². The van der Waals surface area contributed by atoms with Crippen molar-refractivity contribution in [1.82, 2.24) is 24.9 Å². The second-order valence-corrected chi connectivity index (χ2v) is 9.01. The van der Waals surface area contributed by atoms with E-state index in [9.17, 15) is 18.4 Å². The van der Waals surface area contributed by atoms with Gasteiger partial charge in [-0.3, -0.25) is 14.0 Å². The van der Waals surface area contributed by atoms with Crippen LogP contribution >= 0.6 is 0 Å². The van der Waals surface area contributed by atoms with Crippen LogP contribution in [0.25, 0.3) is 16.4 Å². The number of aromatic amines is 1. The number of nitrogens with one attached hydrogen (secondary N) is 2. The zero-order chi connectivity index (χ0) is 22.0. The molecule has 1 aromatic carbocycles. The number of hydrogen-bond donors (Lipinski definition) is 2. The fraction of sp³-hybridized carbons (Fsp3) is 0.304. The Balaban J connectivity index is 1.13. The molecular formula is C23H19F2N5O2. The van der Waals surface area contributed by atoms with Gasteiger partial charge in [0.1, 0.15) is 11.5 Å². The standard InChI is InChI=1S/C23H19F2N5O2/c24-13-5-17(25)20-26-10-18(30(20)11-13)22(32)27-14-8-23(9-14)6-12(7-23)19-15-3-1-2-4-16(15)21(31)29-28-19/h1-5,10-12,14H,6-9H2,(H,27,32)(H,29,31)/t12-,14-,23?. The zero-order valence-corrected chi connectivity index (χ0v) is 16.9. The average Bonchev–Trinajstić information content (AvgIpc) is 3.14. The van der Waals surface area contributed by atoms with Crippen LogP contribution in [-0.2, 0) is 0 Å². The Labute approximate surface area is 180 Å². The van der Waals surface area contributed by atoms with Gasteiger partial charge < -0.3 is 5.32 Å². The van der Waals surface area contributed by atoms with E-state index in [0.29, 0.717) is 5.39 Å². The Bertz CT molecular complexity index is 1450. The van der Waals surface area contributed by atoms with Gasteiger partial charge in [0.15, 0.2) is 11.5 Å². The van der Waals surface area contributed by atoms with Crippen LogP contribution in [0.5, 0.6) is 0 Å². The summed E-state index contributed by atoms with van der Waals surface area (Å²) in [6.07, 6.45) is 5.91. The molecule has 1 amide bonds. The molecule has 0 unspecified atom stereocenters. The Hall–Kier alpha value is -3.62. The third-order valence-electron chi connectivity index (χ3n) is 6.93. The molecule has 0 aliphatic heterocycles. The number of nitrogens with zero attached hydrogens (tertiary/aromatic N) is 3. The lowest BCUT2D eigenvalue weighted by Crippen LogP contribution is -2.55. The summed E-state index contributed by atoms with van der Waals surface area (Å²) < 4.78 is 28.5. The van der Waals surface area contributed by atoms with Crippen molar-refractivity contribution in [3.05, 3.63) is 76.1 Å². The van der Waals surface area contributed by atoms with Crippen molar-refractivity contribution < 1.29 is 13.6 Å². The van der Waals surface area contributed by atoms with Crippen molar-refractivity contribution in [3.63, 3.8) is 0 Å². The molecule has 0 atom stereocenters. The summed E-state index contributed by atoms with van der Waals surface area (Å²) >= 11 is 0. The van der Waals surface area contributed by atoms with Crippen molar-refractivity contribution in [2.75, 3.05) is 0 Å². The molecular weight excluding hydrogens is 416 g/mol. The van der Waals surface area contributed by atoms with Crippen molar-refractivity contribution >= 4 is 22.3 Å². The Morgan fingerprint density at radius 1 is 1.16 bits per heavy atom.